The maximum Gasteiger partial charge on any atom is 0.216 e. The van der Waals surface area contributed by atoms with E-state index in [9.17, 15) is 8.42 Å². The molecule has 1 aromatic carbocycles. The smallest absolute Gasteiger partial charge is 0.216 e. The molecule has 0 aliphatic carbocycles. The van der Waals surface area contributed by atoms with Gasteiger partial charge in [-0.1, -0.05) is 24.3 Å². The number of hydrogen-bond donors (Lipinski definition) is 3. The molecule has 1 aliphatic heterocycles. The first-order chi connectivity index (χ1) is 12.7. The van der Waals surface area contributed by atoms with Gasteiger partial charge in [-0.3, -0.25) is 4.99 Å². The van der Waals surface area contributed by atoms with Gasteiger partial charge in [0, 0.05) is 32.8 Å². The summed E-state index contributed by atoms with van der Waals surface area (Å²) >= 11 is 0. The first-order valence-electron chi connectivity index (χ1n) is 9.38. The van der Waals surface area contributed by atoms with Crippen molar-refractivity contribution < 1.29 is 13.2 Å². The van der Waals surface area contributed by atoms with Gasteiger partial charge in [0.05, 0.1) is 11.4 Å². The average Bonchev–Trinajstić information content (AvgIpc) is 3.01. The number of rotatable bonds is 8. The number of nitrogens with zero attached hydrogens (tertiary/aromatic N) is 1. The molecule has 9 heteroatoms. The third-order valence-corrected chi connectivity index (χ3v) is 6.00. The summed E-state index contributed by atoms with van der Waals surface area (Å²) in [4.78, 5) is 4.25. The van der Waals surface area contributed by atoms with E-state index in [4.69, 9.17) is 4.74 Å². The molecule has 0 spiro atoms. The molecule has 0 aromatic heterocycles. The van der Waals surface area contributed by atoms with E-state index in [2.05, 4.69) is 27.3 Å². The topological polar surface area (TPSA) is 91.8 Å². The minimum absolute atomic E-state index is 0. The highest BCUT2D eigenvalue weighted by Crippen LogP contribution is 2.23. The zero-order chi connectivity index (χ0) is 19.9. The highest BCUT2D eigenvalue weighted by Gasteiger charge is 2.29. The lowest BCUT2D eigenvalue weighted by molar-refractivity contribution is 0.0243. The summed E-state index contributed by atoms with van der Waals surface area (Å²) in [7, 11) is -1.65. The molecule has 1 unspecified atom stereocenters. The van der Waals surface area contributed by atoms with Gasteiger partial charge >= 0.3 is 0 Å². The Morgan fingerprint density at radius 1 is 1.25 bits per heavy atom. The van der Waals surface area contributed by atoms with Crippen molar-refractivity contribution in [3.8, 4) is 0 Å². The van der Waals surface area contributed by atoms with Crippen LogP contribution in [0.15, 0.2) is 29.3 Å². The second-order valence-corrected chi connectivity index (χ2v) is 9.24. The van der Waals surface area contributed by atoms with Gasteiger partial charge in [0.1, 0.15) is 0 Å². The molecule has 160 valence electrons. The van der Waals surface area contributed by atoms with E-state index < -0.39 is 10.0 Å². The fraction of sp³-hybridized carbons (Fsp3) is 0.632. The van der Waals surface area contributed by atoms with Crippen LogP contribution in [0.25, 0.3) is 0 Å². The number of sulfonamides is 1. The Bertz CT molecular complexity index is 747. The van der Waals surface area contributed by atoms with Crippen molar-refractivity contribution in [3.63, 3.8) is 0 Å². The minimum atomic E-state index is -3.37. The molecule has 0 radical (unpaired) electrons. The molecule has 1 aromatic rings. The summed E-state index contributed by atoms with van der Waals surface area (Å²) in [6.45, 7) is 7.70. The summed E-state index contributed by atoms with van der Waals surface area (Å²) in [5.41, 5.74) is 1.55. The summed E-state index contributed by atoms with van der Waals surface area (Å²) < 4.78 is 32.9. The number of halogens is 1. The molecular formula is C19H33IN4O3S. The Hall–Kier alpha value is -0.910. The quantitative estimate of drug-likeness (QED) is 0.276. The van der Waals surface area contributed by atoms with E-state index in [1.807, 2.05) is 38.1 Å². The molecule has 0 amide bonds. The Balaban J connectivity index is 0.00000392. The average molecular weight is 524 g/mol. The number of benzene rings is 1. The molecule has 1 aliphatic rings. The Morgan fingerprint density at radius 2 is 1.93 bits per heavy atom. The Morgan fingerprint density at radius 3 is 2.50 bits per heavy atom. The largest absolute Gasteiger partial charge is 0.373 e. The fourth-order valence-electron chi connectivity index (χ4n) is 3.12. The normalized spacial score (nSPS) is 20.1. The summed E-state index contributed by atoms with van der Waals surface area (Å²) in [6, 6.07) is 7.42. The highest BCUT2D eigenvalue weighted by molar-refractivity contribution is 14.0. The van der Waals surface area contributed by atoms with Crippen LogP contribution in [0.2, 0.25) is 0 Å². The lowest BCUT2D eigenvalue weighted by atomic mass is 10.0. The second kappa shape index (κ2) is 11.3. The van der Waals surface area contributed by atoms with E-state index in [0.29, 0.717) is 19.0 Å². The summed E-state index contributed by atoms with van der Waals surface area (Å²) in [5.74, 6) is 0.630. The van der Waals surface area contributed by atoms with E-state index in [1.54, 1.807) is 7.05 Å². The van der Waals surface area contributed by atoms with Gasteiger partial charge in [-0.15, -0.1) is 24.0 Å². The van der Waals surface area contributed by atoms with Crippen LogP contribution in [0.5, 0.6) is 0 Å². The van der Waals surface area contributed by atoms with Crippen LogP contribution in [-0.2, 0) is 27.1 Å². The molecule has 1 heterocycles. The predicted octanol–water partition coefficient (Wildman–Crippen LogP) is 2.37. The van der Waals surface area contributed by atoms with Gasteiger partial charge in [-0.05, 0) is 44.7 Å². The first kappa shape index (κ1) is 25.1. The predicted molar refractivity (Wildman–Crippen MR) is 125 cm³/mol. The van der Waals surface area contributed by atoms with Gasteiger partial charge in [0.15, 0.2) is 5.96 Å². The van der Waals surface area contributed by atoms with Crippen LogP contribution in [0.1, 0.15) is 44.7 Å². The number of ether oxygens (including phenoxy) is 1. The molecule has 1 atom stereocenters. The molecule has 3 N–H and O–H groups in total. The van der Waals surface area contributed by atoms with Gasteiger partial charge < -0.3 is 15.4 Å². The van der Waals surface area contributed by atoms with Crippen molar-refractivity contribution in [2.45, 2.75) is 57.6 Å². The van der Waals surface area contributed by atoms with Crippen LogP contribution >= 0.6 is 24.0 Å². The number of nitrogens with one attached hydrogen (secondary N) is 3. The monoisotopic (exact) mass is 524 g/mol. The molecule has 2 rings (SSSR count). The second-order valence-electron chi connectivity index (χ2n) is 7.48. The SMILES string of the molecule is CN=C(NCc1ccccc1CS(=O)(=O)NC(C)C)NCC1(C)CCCO1.I. The van der Waals surface area contributed by atoms with Crippen LogP contribution in [0.4, 0.5) is 0 Å². The lowest BCUT2D eigenvalue weighted by Crippen LogP contribution is -2.45. The minimum Gasteiger partial charge on any atom is -0.373 e. The van der Waals surface area contributed by atoms with Crippen molar-refractivity contribution in [3.05, 3.63) is 35.4 Å². The van der Waals surface area contributed by atoms with E-state index in [0.717, 1.165) is 30.6 Å². The van der Waals surface area contributed by atoms with Crippen LogP contribution in [-0.4, -0.2) is 46.2 Å². The molecule has 1 saturated heterocycles. The zero-order valence-corrected chi connectivity index (χ0v) is 20.3. The maximum atomic E-state index is 12.3. The van der Waals surface area contributed by atoms with Crippen LogP contribution in [0.3, 0.4) is 0 Å². The number of guanidine groups is 1. The van der Waals surface area contributed by atoms with E-state index >= 15 is 0 Å². The molecule has 7 nitrogen and oxygen atoms in total. The maximum absolute atomic E-state index is 12.3. The highest BCUT2D eigenvalue weighted by atomic mass is 127. The third kappa shape index (κ3) is 8.22. The van der Waals surface area contributed by atoms with Gasteiger partial charge in [0.2, 0.25) is 10.0 Å². The third-order valence-electron chi connectivity index (χ3n) is 4.48. The first-order valence-corrected chi connectivity index (χ1v) is 11.0. The Labute approximate surface area is 186 Å². The van der Waals surface area contributed by atoms with Crippen molar-refractivity contribution >= 4 is 40.0 Å². The van der Waals surface area contributed by atoms with Crippen LogP contribution < -0.4 is 15.4 Å². The van der Waals surface area contributed by atoms with Crippen LogP contribution in [0, 0.1) is 0 Å². The van der Waals surface area contributed by atoms with Gasteiger partial charge in [-0.25, -0.2) is 13.1 Å². The molecular weight excluding hydrogens is 491 g/mol. The molecule has 0 bridgehead atoms. The molecule has 1 fully saturated rings. The number of hydrogen-bond acceptors (Lipinski definition) is 4. The van der Waals surface area contributed by atoms with Gasteiger partial charge in [0.25, 0.3) is 0 Å². The van der Waals surface area contributed by atoms with E-state index in [-0.39, 0.29) is 41.4 Å². The molecule has 28 heavy (non-hydrogen) atoms. The number of aliphatic imine (C=N–C) groups is 1. The standard InChI is InChI=1S/C19H32N4O3S.HI/c1-15(2)23-27(24,25)13-17-9-6-5-8-16(17)12-21-18(20-4)22-14-19(3)10-7-11-26-19;/h5-6,8-9,15,23H,7,10-14H2,1-4H3,(H2,20,21,22);1H. The van der Waals surface area contributed by atoms with Crippen molar-refractivity contribution in [2.24, 2.45) is 4.99 Å². The van der Waals surface area contributed by atoms with Crippen molar-refractivity contribution in [1.29, 1.82) is 0 Å². The van der Waals surface area contributed by atoms with Crippen molar-refractivity contribution in [1.82, 2.24) is 15.4 Å². The van der Waals surface area contributed by atoms with Gasteiger partial charge in [-0.2, -0.15) is 0 Å². The lowest BCUT2D eigenvalue weighted by Gasteiger charge is -2.24. The Kier molecular flexibility index (Phi) is 10.2. The zero-order valence-electron chi connectivity index (χ0n) is 17.1. The molecule has 0 saturated carbocycles. The van der Waals surface area contributed by atoms with Crippen molar-refractivity contribution in [2.75, 3.05) is 20.2 Å². The fourth-order valence-corrected chi connectivity index (χ4v) is 4.62. The summed E-state index contributed by atoms with van der Waals surface area (Å²) in [6.07, 6.45) is 2.11. The summed E-state index contributed by atoms with van der Waals surface area (Å²) in [5, 5.41) is 6.56. The van der Waals surface area contributed by atoms with E-state index in [1.165, 1.54) is 0 Å².